The number of aliphatic hydroxyl groups is 1. The van der Waals surface area contributed by atoms with E-state index in [1.807, 2.05) is 0 Å². The summed E-state index contributed by atoms with van der Waals surface area (Å²) in [7, 11) is -0.205. The van der Waals surface area contributed by atoms with Gasteiger partial charge in [-0.3, -0.25) is 0 Å². The Bertz CT molecular complexity index is 615. The molecule has 0 spiro atoms. The predicted molar refractivity (Wildman–Crippen MR) is 85.0 cm³/mol. The first-order valence-electron chi connectivity index (χ1n) is 6.37. The Labute approximate surface area is 130 Å². The minimum absolute atomic E-state index is 0.0214. The number of rotatable bonds is 6. The van der Waals surface area contributed by atoms with Gasteiger partial charge in [0.05, 0.1) is 10.5 Å². The van der Waals surface area contributed by atoms with Gasteiger partial charge in [-0.15, -0.1) is 0 Å². The molecule has 1 aromatic rings. The molecule has 21 heavy (non-hydrogen) atoms. The Balaban J connectivity index is 2.98. The van der Waals surface area contributed by atoms with E-state index in [1.54, 1.807) is 32.8 Å². The fourth-order valence-corrected chi connectivity index (χ4v) is 3.77. The van der Waals surface area contributed by atoms with Gasteiger partial charge in [-0.2, -0.15) is 0 Å². The number of likely N-dealkylation sites (N-methyl/N-ethyl adjacent to an activating group) is 1. The summed E-state index contributed by atoms with van der Waals surface area (Å²) in [4.78, 5) is 1.80. The number of nitrogens with one attached hydrogen (secondary N) is 1. The van der Waals surface area contributed by atoms with Crippen LogP contribution < -0.4 is 10.5 Å². The summed E-state index contributed by atoms with van der Waals surface area (Å²) in [6.07, 6.45) is 0. The average molecular weight is 336 g/mol. The van der Waals surface area contributed by atoms with Crippen molar-refractivity contribution >= 4 is 27.3 Å². The summed E-state index contributed by atoms with van der Waals surface area (Å²) >= 11 is 5.86. The van der Waals surface area contributed by atoms with Gasteiger partial charge in [0.25, 0.3) is 0 Å². The molecule has 0 aliphatic heterocycles. The van der Waals surface area contributed by atoms with Crippen LogP contribution in [0.1, 0.15) is 12.5 Å². The lowest BCUT2D eigenvalue weighted by atomic mass is 10.1. The van der Waals surface area contributed by atoms with Crippen LogP contribution in [0.25, 0.3) is 0 Å². The highest BCUT2D eigenvalue weighted by Gasteiger charge is 2.26. The molecule has 0 aromatic heterocycles. The summed E-state index contributed by atoms with van der Waals surface area (Å²) in [6.45, 7) is 3.39. The normalized spacial score (nSPS) is 15.2. The Morgan fingerprint density at radius 2 is 2.00 bits per heavy atom. The van der Waals surface area contributed by atoms with Crippen molar-refractivity contribution in [1.82, 2.24) is 9.62 Å². The number of nitrogen functional groups attached to an aromatic ring is 1. The number of benzene rings is 1. The molecule has 1 rings (SSSR count). The molecular weight excluding hydrogens is 314 g/mol. The van der Waals surface area contributed by atoms with Gasteiger partial charge in [0.1, 0.15) is 0 Å². The van der Waals surface area contributed by atoms with E-state index in [9.17, 15) is 13.5 Å². The molecule has 0 amide bonds. The Morgan fingerprint density at radius 1 is 1.43 bits per heavy atom. The van der Waals surface area contributed by atoms with E-state index in [0.717, 1.165) is 0 Å². The third-order valence-corrected chi connectivity index (χ3v) is 4.70. The van der Waals surface area contributed by atoms with Crippen molar-refractivity contribution in [2.24, 2.45) is 0 Å². The monoisotopic (exact) mass is 335 g/mol. The molecule has 1 unspecified atom stereocenters. The number of sulfonamides is 1. The van der Waals surface area contributed by atoms with Crippen LogP contribution in [0.3, 0.4) is 0 Å². The molecule has 1 aromatic carbocycles. The first kappa shape index (κ1) is 18.2. The summed E-state index contributed by atoms with van der Waals surface area (Å²) < 4.78 is 27.1. The van der Waals surface area contributed by atoms with Crippen LogP contribution in [-0.2, 0) is 10.0 Å². The zero-order valence-electron chi connectivity index (χ0n) is 12.6. The van der Waals surface area contributed by atoms with Gasteiger partial charge < -0.3 is 15.7 Å². The standard InChI is InChI=1S/C13H22ClN3O3S/c1-9-11(15)5-10(14)6-12(9)21(19,20)16-7-13(2,18)8-17(3)4/h5-6,16,18H,7-8,15H2,1-4H3. The van der Waals surface area contributed by atoms with E-state index >= 15 is 0 Å². The molecule has 0 heterocycles. The van der Waals surface area contributed by atoms with Crippen molar-refractivity contribution in [2.75, 3.05) is 32.9 Å². The van der Waals surface area contributed by atoms with Crippen LogP contribution >= 0.6 is 11.6 Å². The molecular formula is C13H22ClN3O3S. The summed E-state index contributed by atoms with van der Waals surface area (Å²) in [6, 6.07) is 2.84. The largest absolute Gasteiger partial charge is 0.398 e. The Kier molecular flexibility index (Phi) is 5.63. The van der Waals surface area contributed by atoms with Gasteiger partial charge in [-0.25, -0.2) is 13.1 Å². The molecule has 120 valence electrons. The van der Waals surface area contributed by atoms with E-state index < -0.39 is 15.6 Å². The van der Waals surface area contributed by atoms with Crippen LogP contribution in [-0.4, -0.2) is 51.2 Å². The minimum Gasteiger partial charge on any atom is -0.398 e. The van der Waals surface area contributed by atoms with Crippen LogP contribution in [0.15, 0.2) is 17.0 Å². The topological polar surface area (TPSA) is 95.7 Å². The summed E-state index contributed by atoms with van der Waals surface area (Å²) in [5, 5.41) is 10.4. The van der Waals surface area contributed by atoms with E-state index in [1.165, 1.54) is 12.1 Å². The highest BCUT2D eigenvalue weighted by molar-refractivity contribution is 7.89. The molecule has 0 radical (unpaired) electrons. The Morgan fingerprint density at radius 3 is 2.52 bits per heavy atom. The van der Waals surface area contributed by atoms with E-state index in [4.69, 9.17) is 17.3 Å². The van der Waals surface area contributed by atoms with E-state index in [0.29, 0.717) is 17.8 Å². The highest BCUT2D eigenvalue weighted by atomic mass is 35.5. The number of nitrogens with two attached hydrogens (primary N) is 1. The van der Waals surface area contributed by atoms with Gasteiger partial charge in [0.15, 0.2) is 0 Å². The smallest absolute Gasteiger partial charge is 0.241 e. The molecule has 6 nitrogen and oxygen atoms in total. The molecule has 8 heteroatoms. The zero-order chi connectivity index (χ0) is 16.4. The SMILES string of the molecule is Cc1c(N)cc(Cl)cc1S(=O)(=O)NCC(C)(O)CN(C)C. The number of halogens is 1. The third kappa shape index (κ3) is 5.12. The zero-order valence-corrected chi connectivity index (χ0v) is 14.2. The van der Waals surface area contributed by atoms with Crippen LogP contribution in [0.5, 0.6) is 0 Å². The van der Waals surface area contributed by atoms with Crippen LogP contribution in [0, 0.1) is 6.92 Å². The van der Waals surface area contributed by atoms with Crippen molar-refractivity contribution in [3.05, 3.63) is 22.7 Å². The molecule has 0 saturated heterocycles. The Hall–Kier alpha value is -0.860. The van der Waals surface area contributed by atoms with Crippen molar-refractivity contribution in [3.8, 4) is 0 Å². The van der Waals surface area contributed by atoms with Crippen molar-refractivity contribution in [3.63, 3.8) is 0 Å². The maximum atomic E-state index is 12.3. The van der Waals surface area contributed by atoms with Gasteiger partial charge in [-0.05, 0) is 45.6 Å². The molecule has 0 aliphatic rings. The first-order valence-corrected chi connectivity index (χ1v) is 8.23. The molecule has 4 N–H and O–H groups in total. The number of nitrogens with zero attached hydrogens (tertiary/aromatic N) is 1. The third-order valence-electron chi connectivity index (χ3n) is 2.95. The van der Waals surface area contributed by atoms with E-state index in [2.05, 4.69) is 4.72 Å². The van der Waals surface area contributed by atoms with E-state index in [-0.39, 0.29) is 16.5 Å². The maximum Gasteiger partial charge on any atom is 0.241 e. The lowest BCUT2D eigenvalue weighted by Crippen LogP contribution is -2.47. The average Bonchev–Trinajstić information content (AvgIpc) is 2.30. The lowest BCUT2D eigenvalue weighted by molar-refractivity contribution is 0.0386. The second-order valence-electron chi connectivity index (χ2n) is 5.68. The highest BCUT2D eigenvalue weighted by Crippen LogP contribution is 2.26. The first-order chi connectivity index (χ1) is 9.44. The lowest BCUT2D eigenvalue weighted by Gasteiger charge is -2.27. The minimum atomic E-state index is -3.80. The van der Waals surface area contributed by atoms with Crippen LogP contribution in [0.4, 0.5) is 5.69 Å². The molecule has 1 atom stereocenters. The summed E-state index contributed by atoms with van der Waals surface area (Å²) in [5.41, 5.74) is 5.29. The molecule has 0 bridgehead atoms. The van der Waals surface area contributed by atoms with Crippen molar-refractivity contribution < 1.29 is 13.5 Å². The van der Waals surface area contributed by atoms with Crippen LogP contribution in [0.2, 0.25) is 5.02 Å². The predicted octanol–water partition coefficient (Wildman–Crippen LogP) is 0.822. The van der Waals surface area contributed by atoms with Gasteiger partial charge in [0, 0.05) is 23.8 Å². The fraction of sp³-hybridized carbons (Fsp3) is 0.538. The molecule has 0 aliphatic carbocycles. The van der Waals surface area contributed by atoms with Crippen molar-refractivity contribution in [2.45, 2.75) is 24.3 Å². The quantitative estimate of drug-likeness (QED) is 0.669. The van der Waals surface area contributed by atoms with Crippen molar-refractivity contribution in [1.29, 1.82) is 0 Å². The number of hydrogen-bond donors (Lipinski definition) is 3. The van der Waals surface area contributed by atoms with Gasteiger partial charge in [0.2, 0.25) is 10.0 Å². The van der Waals surface area contributed by atoms with Gasteiger partial charge in [-0.1, -0.05) is 11.6 Å². The second-order valence-corrected chi connectivity index (χ2v) is 7.85. The fourth-order valence-electron chi connectivity index (χ4n) is 2.02. The maximum absolute atomic E-state index is 12.3. The van der Waals surface area contributed by atoms with Gasteiger partial charge >= 0.3 is 0 Å². The number of hydrogen-bond acceptors (Lipinski definition) is 5. The second kappa shape index (κ2) is 6.50. The summed E-state index contributed by atoms with van der Waals surface area (Å²) in [5.74, 6) is 0. The molecule has 0 saturated carbocycles. The molecule has 0 fully saturated rings. The number of anilines is 1.